The second-order valence-corrected chi connectivity index (χ2v) is 4.65. The molecule has 0 radical (unpaired) electrons. The second-order valence-electron chi connectivity index (χ2n) is 4.65. The van der Waals surface area contributed by atoms with Crippen molar-refractivity contribution >= 4 is 11.9 Å². The molecule has 5 nitrogen and oxygen atoms in total. The lowest BCUT2D eigenvalue weighted by Gasteiger charge is -2.17. The molecule has 1 aromatic carbocycles. The highest BCUT2D eigenvalue weighted by Crippen LogP contribution is 2.18. The fourth-order valence-electron chi connectivity index (χ4n) is 1.98. The molecule has 0 fully saturated rings. The maximum absolute atomic E-state index is 12.3. The summed E-state index contributed by atoms with van der Waals surface area (Å²) >= 11 is 0. The molecule has 1 rings (SSSR count). The topological polar surface area (TPSA) is 75.6 Å². The first-order valence-electron chi connectivity index (χ1n) is 6.93. The quantitative estimate of drug-likeness (QED) is 0.686. The number of rotatable bonds is 9. The number of carboxylic acids is 1. The molecular formula is C16H21NO4. The summed E-state index contributed by atoms with van der Waals surface area (Å²) < 4.78 is 5.43. The van der Waals surface area contributed by atoms with E-state index >= 15 is 0 Å². The average Bonchev–Trinajstić information content (AvgIpc) is 2.45. The lowest BCUT2D eigenvalue weighted by atomic mass is 10.1. The van der Waals surface area contributed by atoms with Crippen LogP contribution in [-0.2, 0) is 4.79 Å². The SMILES string of the molecule is C=CCOc1ccccc1C(=O)NC(CCC)CC(=O)O. The van der Waals surface area contributed by atoms with Gasteiger partial charge in [0.15, 0.2) is 0 Å². The number of carbonyl (C=O) groups is 2. The van der Waals surface area contributed by atoms with Gasteiger partial charge in [0.1, 0.15) is 12.4 Å². The maximum Gasteiger partial charge on any atom is 0.305 e. The summed E-state index contributed by atoms with van der Waals surface area (Å²) in [4.78, 5) is 23.1. The minimum Gasteiger partial charge on any atom is -0.489 e. The van der Waals surface area contributed by atoms with Crippen molar-refractivity contribution in [3.63, 3.8) is 0 Å². The fourth-order valence-corrected chi connectivity index (χ4v) is 1.98. The Balaban J connectivity index is 2.81. The van der Waals surface area contributed by atoms with Crippen molar-refractivity contribution in [2.45, 2.75) is 32.2 Å². The Labute approximate surface area is 124 Å². The third-order valence-corrected chi connectivity index (χ3v) is 2.88. The summed E-state index contributed by atoms with van der Waals surface area (Å²) in [6, 6.07) is 6.48. The highest BCUT2D eigenvalue weighted by molar-refractivity contribution is 5.97. The molecule has 0 spiro atoms. The van der Waals surface area contributed by atoms with E-state index in [1.165, 1.54) is 0 Å². The number of aliphatic carboxylic acids is 1. The van der Waals surface area contributed by atoms with Crippen molar-refractivity contribution in [2.75, 3.05) is 6.61 Å². The lowest BCUT2D eigenvalue weighted by Crippen LogP contribution is -2.36. The fraction of sp³-hybridized carbons (Fsp3) is 0.375. The highest BCUT2D eigenvalue weighted by atomic mass is 16.5. The zero-order valence-corrected chi connectivity index (χ0v) is 12.2. The number of carbonyl (C=O) groups excluding carboxylic acids is 1. The molecule has 1 aromatic rings. The first kappa shape index (κ1) is 16.8. The van der Waals surface area contributed by atoms with Crippen LogP contribution < -0.4 is 10.1 Å². The summed E-state index contributed by atoms with van der Waals surface area (Å²) in [6.45, 7) is 5.81. The Morgan fingerprint density at radius 1 is 1.43 bits per heavy atom. The van der Waals surface area contributed by atoms with Crippen LogP contribution >= 0.6 is 0 Å². The minimum atomic E-state index is -0.926. The van der Waals surface area contributed by atoms with Gasteiger partial charge in [0.2, 0.25) is 0 Å². The number of benzene rings is 1. The molecule has 0 aliphatic carbocycles. The van der Waals surface area contributed by atoms with E-state index in [0.717, 1.165) is 6.42 Å². The van der Waals surface area contributed by atoms with E-state index in [9.17, 15) is 9.59 Å². The smallest absolute Gasteiger partial charge is 0.305 e. The molecule has 0 saturated heterocycles. The molecule has 0 aliphatic heterocycles. The van der Waals surface area contributed by atoms with Gasteiger partial charge in [-0.25, -0.2) is 0 Å². The van der Waals surface area contributed by atoms with Crippen LogP contribution in [0.2, 0.25) is 0 Å². The molecule has 1 atom stereocenters. The Bertz CT molecular complexity index is 499. The molecule has 0 aliphatic rings. The number of nitrogens with one attached hydrogen (secondary N) is 1. The summed E-state index contributed by atoms with van der Waals surface area (Å²) in [5, 5.41) is 11.6. The van der Waals surface area contributed by atoms with Gasteiger partial charge in [-0.1, -0.05) is 38.1 Å². The Hall–Kier alpha value is -2.30. The standard InChI is InChI=1S/C16H21NO4/c1-3-7-12(11-15(18)19)17-16(20)13-8-5-6-9-14(13)21-10-4-2/h4-6,8-9,12H,2-3,7,10-11H2,1H3,(H,17,20)(H,18,19). The van der Waals surface area contributed by atoms with Gasteiger partial charge in [-0.2, -0.15) is 0 Å². The molecule has 1 unspecified atom stereocenters. The molecule has 21 heavy (non-hydrogen) atoms. The molecule has 0 aromatic heterocycles. The maximum atomic E-state index is 12.3. The third kappa shape index (κ3) is 5.69. The average molecular weight is 291 g/mol. The van der Waals surface area contributed by atoms with Crippen molar-refractivity contribution in [2.24, 2.45) is 0 Å². The number of hydrogen-bond donors (Lipinski definition) is 2. The van der Waals surface area contributed by atoms with Gasteiger partial charge in [-0.05, 0) is 18.6 Å². The van der Waals surface area contributed by atoms with E-state index in [0.29, 0.717) is 24.3 Å². The third-order valence-electron chi connectivity index (χ3n) is 2.88. The molecule has 0 heterocycles. The molecule has 1 amide bonds. The number of ether oxygens (including phenoxy) is 1. The van der Waals surface area contributed by atoms with Gasteiger partial charge in [-0.15, -0.1) is 0 Å². The predicted octanol–water partition coefficient (Wildman–Crippen LogP) is 2.62. The molecule has 0 bridgehead atoms. The van der Waals surface area contributed by atoms with Gasteiger partial charge in [0.25, 0.3) is 5.91 Å². The Kier molecular flexibility index (Phi) is 7.01. The molecular weight excluding hydrogens is 270 g/mol. The molecule has 0 saturated carbocycles. The van der Waals surface area contributed by atoms with E-state index in [4.69, 9.17) is 9.84 Å². The molecule has 2 N–H and O–H groups in total. The van der Waals surface area contributed by atoms with Crippen LogP contribution in [0.1, 0.15) is 36.5 Å². The van der Waals surface area contributed by atoms with Crippen molar-refractivity contribution < 1.29 is 19.4 Å². The van der Waals surface area contributed by atoms with Gasteiger partial charge >= 0.3 is 5.97 Å². The second kappa shape index (κ2) is 8.79. The molecule has 5 heteroatoms. The molecule has 114 valence electrons. The summed E-state index contributed by atoms with van der Waals surface area (Å²) in [7, 11) is 0. The lowest BCUT2D eigenvalue weighted by molar-refractivity contribution is -0.137. The first-order chi connectivity index (χ1) is 10.1. The number of amides is 1. The van der Waals surface area contributed by atoms with E-state index in [-0.39, 0.29) is 18.4 Å². The van der Waals surface area contributed by atoms with Crippen LogP contribution in [0.4, 0.5) is 0 Å². The summed E-state index contributed by atoms with van der Waals surface area (Å²) in [5.74, 6) is -0.792. The summed E-state index contributed by atoms with van der Waals surface area (Å²) in [6.07, 6.45) is 2.93. The summed E-state index contributed by atoms with van der Waals surface area (Å²) in [5.41, 5.74) is 0.394. The van der Waals surface area contributed by atoms with Gasteiger partial charge < -0.3 is 15.2 Å². The first-order valence-corrected chi connectivity index (χ1v) is 6.93. The minimum absolute atomic E-state index is 0.0880. The van der Waals surface area contributed by atoms with Gasteiger partial charge in [-0.3, -0.25) is 9.59 Å². The zero-order valence-electron chi connectivity index (χ0n) is 12.2. The van der Waals surface area contributed by atoms with Crippen molar-refractivity contribution in [3.05, 3.63) is 42.5 Å². The van der Waals surface area contributed by atoms with Crippen LogP contribution in [0, 0.1) is 0 Å². The van der Waals surface area contributed by atoms with Crippen LogP contribution in [-0.4, -0.2) is 29.6 Å². The van der Waals surface area contributed by atoms with E-state index in [1.54, 1.807) is 30.3 Å². The largest absolute Gasteiger partial charge is 0.489 e. The number of carboxylic acid groups (broad SMARTS) is 1. The van der Waals surface area contributed by atoms with Crippen LogP contribution in [0.5, 0.6) is 5.75 Å². The van der Waals surface area contributed by atoms with E-state index < -0.39 is 5.97 Å². The monoisotopic (exact) mass is 291 g/mol. The Morgan fingerprint density at radius 3 is 2.76 bits per heavy atom. The van der Waals surface area contributed by atoms with Crippen molar-refractivity contribution in [1.82, 2.24) is 5.32 Å². The van der Waals surface area contributed by atoms with Crippen LogP contribution in [0.25, 0.3) is 0 Å². The van der Waals surface area contributed by atoms with E-state index in [1.807, 2.05) is 6.92 Å². The van der Waals surface area contributed by atoms with Gasteiger partial charge in [0.05, 0.1) is 12.0 Å². The highest BCUT2D eigenvalue weighted by Gasteiger charge is 2.18. The van der Waals surface area contributed by atoms with Crippen molar-refractivity contribution in [1.29, 1.82) is 0 Å². The van der Waals surface area contributed by atoms with Crippen molar-refractivity contribution in [3.8, 4) is 5.75 Å². The zero-order chi connectivity index (χ0) is 15.7. The predicted molar refractivity (Wildman–Crippen MR) is 80.5 cm³/mol. The van der Waals surface area contributed by atoms with Crippen LogP contribution in [0.15, 0.2) is 36.9 Å². The van der Waals surface area contributed by atoms with Crippen LogP contribution in [0.3, 0.4) is 0 Å². The van der Waals surface area contributed by atoms with E-state index in [2.05, 4.69) is 11.9 Å². The normalized spacial score (nSPS) is 11.5. The number of para-hydroxylation sites is 1. The Morgan fingerprint density at radius 2 is 2.14 bits per heavy atom. The van der Waals surface area contributed by atoms with Gasteiger partial charge in [0, 0.05) is 6.04 Å². The number of hydrogen-bond acceptors (Lipinski definition) is 3.